The van der Waals surface area contributed by atoms with Gasteiger partial charge in [0.15, 0.2) is 5.12 Å². The molecule has 12 nitrogen and oxygen atoms in total. The summed E-state index contributed by atoms with van der Waals surface area (Å²) in [7, 11) is -5.40. The molecule has 4 N–H and O–H groups in total. The van der Waals surface area contributed by atoms with Crippen LogP contribution in [0.1, 0.15) is 36.8 Å². The van der Waals surface area contributed by atoms with E-state index in [1.807, 2.05) is 0 Å². The fourth-order valence-electron chi connectivity index (χ4n) is 4.09. The first-order valence-electron chi connectivity index (χ1n) is 10.5. The number of rotatable bonds is 9. The largest absolute Gasteiger partial charge is 0.422 e. The summed E-state index contributed by atoms with van der Waals surface area (Å²) in [5, 5.41) is 0.704. The Morgan fingerprint density at radius 3 is 2.42 bits per heavy atom. The molecule has 2 unspecified atom stereocenters. The van der Waals surface area contributed by atoms with E-state index in [0.29, 0.717) is 16.6 Å². The normalized spacial score (nSPS) is 16.7. The highest BCUT2D eigenvalue weighted by Gasteiger charge is 2.57. The molecule has 194 valence electrons. The lowest BCUT2D eigenvalue weighted by atomic mass is 10.0. The van der Waals surface area contributed by atoms with Gasteiger partial charge in [-0.2, -0.15) is 21.0 Å². The molecule has 1 aromatic heterocycles. The SMILES string of the molecule is Cc1c(CC(=O)NC(CC(S)CC(=O)S)(N2C(=O)CCC2=O)S(=O)(=O)O)c(=O)oc2cc(N)ccc12. The first-order chi connectivity index (χ1) is 16.7. The molecule has 0 aliphatic carbocycles. The van der Waals surface area contributed by atoms with Crippen molar-refractivity contribution in [1.29, 1.82) is 0 Å². The number of nitrogens with two attached hydrogens (primary N) is 1. The number of fused-ring (bicyclic) bond motifs is 1. The molecule has 1 aromatic carbocycles. The monoisotopic (exact) mass is 557 g/mol. The molecule has 1 aliphatic heterocycles. The second-order valence-corrected chi connectivity index (χ2v) is 11.2. The van der Waals surface area contributed by atoms with Gasteiger partial charge in [-0.15, -0.1) is 12.6 Å². The third-order valence-corrected chi connectivity index (χ3v) is 7.60. The molecule has 1 saturated heterocycles. The Hall–Kier alpha value is -2.88. The standard InChI is InChI=1S/C21H23N3O9S3/c1-10-13-3-2-11(22)6-15(13)33-20(29)14(10)8-16(25)23-21(36(30,31)32,9-12(34)7-19(28)35)24-17(26)4-5-18(24)27/h2-3,6,12,34H,4-5,7-9,22H2,1H3,(H,23,25)(H,28,35)(H,30,31,32). The predicted octanol–water partition coefficient (Wildman–Crippen LogP) is 0.568. The summed E-state index contributed by atoms with van der Waals surface area (Å²) in [5.74, 6) is -3.05. The molecule has 3 amide bonds. The van der Waals surface area contributed by atoms with Crippen LogP contribution in [0.5, 0.6) is 0 Å². The van der Waals surface area contributed by atoms with E-state index in [1.54, 1.807) is 19.1 Å². The molecule has 1 fully saturated rings. The molecule has 0 radical (unpaired) electrons. The lowest BCUT2D eigenvalue weighted by Crippen LogP contribution is -2.67. The number of thiol groups is 2. The molecule has 36 heavy (non-hydrogen) atoms. The van der Waals surface area contributed by atoms with Crippen molar-refractivity contribution in [2.75, 3.05) is 5.73 Å². The molecule has 2 heterocycles. The Balaban J connectivity index is 2.06. The van der Waals surface area contributed by atoms with Gasteiger partial charge in [0.1, 0.15) is 5.58 Å². The summed E-state index contributed by atoms with van der Waals surface area (Å²) in [5.41, 5.74) is 5.57. The summed E-state index contributed by atoms with van der Waals surface area (Å²) in [4.78, 5) is 59.4. The zero-order valence-electron chi connectivity index (χ0n) is 18.9. The van der Waals surface area contributed by atoms with Crippen molar-refractivity contribution in [2.45, 2.75) is 49.3 Å². The molecule has 2 aromatic rings. The van der Waals surface area contributed by atoms with Gasteiger partial charge in [-0.3, -0.25) is 23.7 Å². The summed E-state index contributed by atoms with van der Waals surface area (Å²) >= 11 is 7.74. The number of nitrogens with zero attached hydrogens (tertiary/aromatic N) is 1. The number of benzene rings is 1. The molecule has 2 atom stereocenters. The van der Waals surface area contributed by atoms with Crippen LogP contribution in [0, 0.1) is 6.92 Å². The molecular formula is C21H23N3O9S3. The lowest BCUT2D eigenvalue weighted by Gasteiger charge is -2.39. The summed E-state index contributed by atoms with van der Waals surface area (Å²) in [6.07, 6.45) is -2.66. The number of anilines is 1. The van der Waals surface area contributed by atoms with Crippen LogP contribution in [-0.2, 0) is 35.7 Å². The number of aryl methyl sites for hydroxylation is 1. The molecule has 0 spiro atoms. The second-order valence-electron chi connectivity index (χ2n) is 8.31. The van der Waals surface area contributed by atoms with E-state index in [2.05, 4.69) is 30.6 Å². The zero-order chi connectivity index (χ0) is 27.0. The molecule has 3 rings (SSSR count). The van der Waals surface area contributed by atoms with Gasteiger partial charge in [0.05, 0.1) is 12.0 Å². The van der Waals surface area contributed by atoms with Gasteiger partial charge in [0, 0.05) is 48.1 Å². The fourth-order valence-corrected chi connectivity index (χ4v) is 6.10. The molecule has 1 aliphatic rings. The van der Waals surface area contributed by atoms with E-state index in [4.69, 9.17) is 10.2 Å². The van der Waals surface area contributed by atoms with Crippen molar-refractivity contribution in [3.05, 3.63) is 39.7 Å². The first kappa shape index (κ1) is 27.7. The number of amides is 3. The Bertz CT molecular complexity index is 1420. The van der Waals surface area contributed by atoms with Crippen molar-refractivity contribution in [3.8, 4) is 0 Å². The van der Waals surface area contributed by atoms with Gasteiger partial charge in [0.2, 0.25) is 17.7 Å². The molecule has 0 saturated carbocycles. The quantitative estimate of drug-likeness (QED) is 0.0956. The third-order valence-electron chi connectivity index (χ3n) is 5.75. The van der Waals surface area contributed by atoms with Crippen molar-refractivity contribution in [2.24, 2.45) is 0 Å². The number of nitrogen functional groups attached to an aromatic ring is 1. The van der Waals surface area contributed by atoms with Crippen LogP contribution in [-0.4, -0.2) is 51.0 Å². The third kappa shape index (κ3) is 5.43. The first-order valence-corrected chi connectivity index (χ1v) is 12.9. The number of imide groups is 1. The van der Waals surface area contributed by atoms with Crippen molar-refractivity contribution < 1.29 is 36.6 Å². The lowest BCUT2D eigenvalue weighted by molar-refractivity contribution is -0.145. The zero-order valence-corrected chi connectivity index (χ0v) is 21.5. The highest BCUT2D eigenvalue weighted by Crippen LogP contribution is 2.33. The maximum absolute atomic E-state index is 13.1. The average molecular weight is 558 g/mol. The maximum atomic E-state index is 13.1. The van der Waals surface area contributed by atoms with E-state index in [0.717, 1.165) is 0 Å². The number of nitrogens with one attached hydrogen (secondary N) is 1. The minimum Gasteiger partial charge on any atom is -0.422 e. The Morgan fingerprint density at radius 2 is 1.86 bits per heavy atom. The van der Waals surface area contributed by atoms with E-state index in [-0.39, 0.29) is 28.9 Å². The maximum Gasteiger partial charge on any atom is 0.340 e. The van der Waals surface area contributed by atoms with Crippen molar-refractivity contribution in [1.82, 2.24) is 10.2 Å². The minimum atomic E-state index is -5.40. The van der Waals surface area contributed by atoms with Crippen LogP contribution in [0.15, 0.2) is 27.4 Å². The van der Waals surface area contributed by atoms with Crippen LogP contribution < -0.4 is 16.7 Å². The van der Waals surface area contributed by atoms with Crippen LogP contribution in [0.2, 0.25) is 0 Å². The Morgan fingerprint density at radius 1 is 1.25 bits per heavy atom. The van der Waals surface area contributed by atoms with Gasteiger partial charge in [-0.05, 0) is 24.6 Å². The number of likely N-dealkylation sites (tertiary alicyclic amines) is 1. The van der Waals surface area contributed by atoms with E-state index >= 15 is 0 Å². The van der Waals surface area contributed by atoms with E-state index < -0.39 is 68.1 Å². The molecule has 0 bridgehead atoms. The van der Waals surface area contributed by atoms with Crippen LogP contribution in [0.25, 0.3) is 11.0 Å². The summed E-state index contributed by atoms with van der Waals surface area (Å²) in [6.45, 7) is 1.55. The molecular weight excluding hydrogens is 534 g/mol. The summed E-state index contributed by atoms with van der Waals surface area (Å²) < 4.78 is 40.7. The van der Waals surface area contributed by atoms with Gasteiger partial charge in [0.25, 0.3) is 4.99 Å². The second kappa shape index (κ2) is 10.2. The number of hydrogen-bond donors (Lipinski definition) is 5. The van der Waals surface area contributed by atoms with Crippen molar-refractivity contribution >= 4 is 74.9 Å². The summed E-state index contributed by atoms with van der Waals surface area (Å²) in [6, 6.07) is 4.56. The topological polar surface area (TPSA) is 194 Å². The molecule has 15 heteroatoms. The number of carbonyl (C=O) groups excluding carboxylic acids is 4. The Kier molecular flexibility index (Phi) is 7.88. The fraction of sp³-hybridized carbons (Fsp3) is 0.381. The van der Waals surface area contributed by atoms with Gasteiger partial charge < -0.3 is 15.5 Å². The van der Waals surface area contributed by atoms with Gasteiger partial charge in [-0.25, -0.2) is 9.69 Å². The highest BCUT2D eigenvalue weighted by molar-refractivity contribution is 7.96. The van der Waals surface area contributed by atoms with E-state index in [1.165, 1.54) is 6.07 Å². The Labute approximate surface area is 216 Å². The highest BCUT2D eigenvalue weighted by atomic mass is 32.2. The van der Waals surface area contributed by atoms with Crippen LogP contribution >= 0.6 is 25.3 Å². The van der Waals surface area contributed by atoms with Gasteiger partial charge >= 0.3 is 15.7 Å². The van der Waals surface area contributed by atoms with Crippen LogP contribution in [0.4, 0.5) is 5.69 Å². The minimum absolute atomic E-state index is 0.124. The van der Waals surface area contributed by atoms with Gasteiger partial charge in [-0.1, -0.05) is 0 Å². The number of hydrogen-bond acceptors (Lipinski definition) is 10. The smallest absolute Gasteiger partial charge is 0.340 e. The van der Waals surface area contributed by atoms with E-state index in [9.17, 15) is 36.9 Å². The van der Waals surface area contributed by atoms with Crippen molar-refractivity contribution in [3.63, 3.8) is 0 Å². The predicted molar refractivity (Wildman–Crippen MR) is 135 cm³/mol. The number of carbonyl (C=O) groups is 4. The average Bonchev–Trinajstić information content (AvgIpc) is 3.07. The van der Waals surface area contributed by atoms with Crippen LogP contribution in [0.3, 0.4) is 0 Å².